The van der Waals surface area contributed by atoms with Crippen LogP contribution in [0, 0.1) is 0 Å². The van der Waals surface area contributed by atoms with Crippen molar-refractivity contribution >= 4 is 18.0 Å². The summed E-state index contributed by atoms with van der Waals surface area (Å²) in [5.74, 6) is -0.539. The maximum atomic E-state index is 11.7. The quantitative estimate of drug-likeness (QED) is 0.595. The summed E-state index contributed by atoms with van der Waals surface area (Å²) < 4.78 is 15.0. The Morgan fingerprint density at radius 1 is 1.33 bits per heavy atom. The molecule has 18 heavy (non-hydrogen) atoms. The van der Waals surface area contributed by atoms with E-state index >= 15 is 0 Å². The molecule has 0 bridgehead atoms. The van der Waals surface area contributed by atoms with Crippen molar-refractivity contribution in [1.82, 2.24) is 0 Å². The molecule has 0 saturated heterocycles. The first-order valence-electron chi connectivity index (χ1n) is 5.54. The summed E-state index contributed by atoms with van der Waals surface area (Å²) in [6.45, 7) is 7.93. The van der Waals surface area contributed by atoms with Crippen LogP contribution in [0.1, 0.15) is 38.2 Å². The topological polar surface area (TPSA) is 65.7 Å². The van der Waals surface area contributed by atoms with E-state index in [2.05, 4.69) is 6.58 Å². The SMILES string of the molecule is C=Cc1ccc(C(C)C(=O)OC(C)OC(C)=O)o1. The Morgan fingerprint density at radius 2 is 2.00 bits per heavy atom. The maximum absolute atomic E-state index is 11.7. The Kier molecular flexibility index (Phi) is 4.71. The molecule has 0 aliphatic rings. The summed E-state index contributed by atoms with van der Waals surface area (Å²) >= 11 is 0. The van der Waals surface area contributed by atoms with E-state index in [4.69, 9.17) is 13.9 Å². The predicted molar refractivity (Wildman–Crippen MR) is 64.5 cm³/mol. The largest absolute Gasteiger partial charge is 0.461 e. The summed E-state index contributed by atoms with van der Waals surface area (Å²) in [5.41, 5.74) is 0. The molecule has 2 unspecified atom stereocenters. The first-order chi connectivity index (χ1) is 8.43. The average Bonchev–Trinajstić information content (AvgIpc) is 2.75. The Labute approximate surface area is 105 Å². The number of esters is 2. The lowest BCUT2D eigenvalue weighted by Crippen LogP contribution is -2.23. The highest BCUT2D eigenvalue weighted by molar-refractivity contribution is 5.77. The second-order valence-electron chi connectivity index (χ2n) is 3.78. The first-order valence-corrected chi connectivity index (χ1v) is 5.54. The highest BCUT2D eigenvalue weighted by Gasteiger charge is 2.23. The Morgan fingerprint density at radius 3 is 2.50 bits per heavy atom. The summed E-state index contributed by atoms with van der Waals surface area (Å²) in [7, 11) is 0. The van der Waals surface area contributed by atoms with Crippen molar-refractivity contribution in [3.05, 3.63) is 30.2 Å². The summed E-state index contributed by atoms with van der Waals surface area (Å²) in [6.07, 6.45) is 0.634. The molecule has 5 heteroatoms. The molecule has 0 saturated carbocycles. The average molecular weight is 252 g/mol. The van der Waals surface area contributed by atoms with E-state index in [-0.39, 0.29) is 0 Å². The molecule has 0 aliphatic heterocycles. The van der Waals surface area contributed by atoms with Crippen LogP contribution >= 0.6 is 0 Å². The van der Waals surface area contributed by atoms with Gasteiger partial charge in [-0.15, -0.1) is 0 Å². The molecule has 0 aromatic carbocycles. The van der Waals surface area contributed by atoms with E-state index in [9.17, 15) is 9.59 Å². The molecule has 1 aromatic heterocycles. The molecule has 0 radical (unpaired) electrons. The number of carbonyl (C=O) groups excluding carboxylic acids is 2. The van der Waals surface area contributed by atoms with E-state index in [1.165, 1.54) is 13.8 Å². The normalized spacial score (nSPS) is 13.5. The third-order valence-corrected chi connectivity index (χ3v) is 2.24. The van der Waals surface area contributed by atoms with Crippen molar-refractivity contribution in [2.24, 2.45) is 0 Å². The van der Waals surface area contributed by atoms with Crippen molar-refractivity contribution in [2.45, 2.75) is 33.0 Å². The Hall–Kier alpha value is -2.04. The lowest BCUT2D eigenvalue weighted by molar-refractivity contribution is -0.183. The highest BCUT2D eigenvalue weighted by atomic mass is 16.7. The molecular formula is C13H16O5. The van der Waals surface area contributed by atoms with Gasteiger partial charge in [0, 0.05) is 13.8 Å². The van der Waals surface area contributed by atoms with Crippen molar-refractivity contribution in [3.8, 4) is 0 Å². The molecule has 0 spiro atoms. The van der Waals surface area contributed by atoms with E-state index < -0.39 is 24.1 Å². The second kappa shape index (κ2) is 6.05. The van der Waals surface area contributed by atoms with E-state index in [0.717, 1.165) is 0 Å². The van der Waals surface area contributed by atoms with Gasteiger partial charge in [-0.1, -0.05) is 6.58 Å². The molecule has 1 rings (SSSR count). The molecule has 2 atom stereocenters. The number of rotatable bonds is 5. The lowest BCUT2D eigenvalue weighted by atomic mass is 10.1. The zero-order chi connectivity index (χ0) is 13.7. The molecular weight excluding hydrogens is 236 g/mol. The first kappa shape index (κ1) is 14.0. The third-order valence-electron chi connectivity index (χ3n) is 2.24. The fourth-order valence-corrected chi connectivity index (χ4v) is 1.35. The van der Waals surface area contributed by atoms with E-state index in [1.807, 2.05) is 0 Å². The molecule has 0 N–H and O–H groups in total. The van der Waals surface area contributed by atoms with E-state index in [0.29, 0.717) is 11.5 Å². The van der Waals surface area contributed by atoms with E-state index in [1.54, 1.807) is 25.1 Å². The zero-order valence-electron chi connectivity index (χ0n) is 10.6. The smallest absolute Gasteiger partial charge is 0.319 e. The molecule has 98 valence electrons. The van der Waals surface area contributed by atoms with Crippen molar-refractivity contribution in [3.63, 3.8) is 0 Å². The molecule has 1 aromatic rings. The van der Waals surface area contributed by atoms with Crippen LogP contribution < -0.4 is 0 Å². The monoisotopic (exact) mass is 252 g/mol. The van der Waals surface area contributed by atoms with Crippen LogP contribution in [0.3, 0.4) is 0 Å². The van der Waals surface area contributed by atoms with Gasteiger partial charge in [-0.25, -0.2) is 0 Å². The molecule has 1 heterocycles. The van der Waals surface area contributed by atoms with Gasteiger partial charge in [0.2, 0.25) is 6.29 Å². The van der Waals surface area contributed by atoms with Gasteiger partial charge < -0.3 is 13.9 Å². The fourth-order valence-electron chi connectivity index (χ4n) is 1.35. The van der Waals surface area contributed by atoms with Gasteiger partial charge in [0.05, 0.1) is 0 Å². The molecule has 5 nitrogen and oxygen atoms in total. The summed E-state index contributed by atoms with van der Waals surface area (Å²) in [4.78, 5) is 22.4. The number of furan rings is 1. The van der Waals surface area contributed by atoms with Gasteiger partial charge in [-0.2, -0.15) is 0 Å². The highest BCUT2D eigenvalue weighted by Crippen LogP contribution is 2.21. The Bertz CT molecular complexity index is 446. The lowest BCUT2D eigenvalue weighted by Gasteiger charge is -2.15. The van der Waals surface area contributed by atoms with Crippen LogP contribution in [0.5, 0.6) is 0 Å². The summed E-state index contributed by atoms with van der Waals surface area (Å²) in [5, 5.41) is 0. The van der Waals surface area contributed by atoms with Crippen LogP contribution in [0.15, 0.2) is 23.1 Å². The van der Waals surface area contributed by atoms with Gasteiger partial charge in [0.1, 0.15) is 17.4 Å². The molecule has 0 amide bonds. The van der Waals surface area contributed by atoms with Crippen LogP contribution in [-0.4, -0.2) is 18.2 Å². The van der Waals surface area contributed by atoms with Crippen LogP contribution in [0.25, 0.3) is 6.08 Å². The molecule has 0 fully saturated rings. The predicted octanol–water partition coefficient (Wildman–Crippen LogP) is 2.48. The van der Waals surface area contributed by atoms with Gasteiger partial charge in [-0.3, -0.25) is 9.59 Å². The number of ether oxygens (including phenoxy) is 2. The minimum Gasteiger partial charge on any atom is -0.461 e. The maximum Gasteiger partial charge on any atom is 0.319 e. The second-order valence-corrected chi connectivity index (χ2v) is 3.78. The Balaban J connectivity index is 2.60. The van der Waals surface area contributed by atoms with Gasteiger partial charge in [0.15, 0.2) is 0 Å². The minimum absolute atomic E-state index is 0.477. The van der Waals surface area contributed by atoms with Crippen LogP contribution in [0.4, 0.5) is 0 Å². The van der Waals surface area contributed by atoms with Crippen molar-refractivity contribution < 1.29 is 23.5 Å². The standard InChI is InChI=1S/C13H16O5/c1-5-11-6-7-12(18-11)8(2)13(15)17-10(4)16-9(3)14/h5-8,10H,1H2,2-4H3. The van der Waals surface area contributed by atoms with Crippen molar-refractivity contribution in [2.75, 3.05) is 0 Å². The van der Waals surface area contributed by atoms with Crippen molar-refractivity contribution in [1.29, 1.82) is 0 Å². The zero-order valence-corrected chi connectivity index (χ0v) is 10.6. The summed E-state index contributed by atoms with van der Waals surface area (Å²) in [6, 6.07) is 3.39. The van der Waals surface area contributed by atoms with Crippen LogP contribution in [0.2, 0.25) is 0 Å². The third kappa shape index (κ3) is 3.76. The number of hydrogen-bond acceptors (Lipinski definition) is 5. The van der Waals surface area contributed by atoms with Crippen LogP contribution in [-0.2, 0) is 19.1 Å². The number of hydrogen-bond donors (Lipinski definition) is 0. The van der Waals surface area contributed by atoms with Gasteiger partial charge >= 0.3 is 11.9 Å². The van der Waals surface area contributed by atoms with Gasteiger partial charge in [-0.05, 0) is 25.1 Å². The minimum atomic E-state index is -0.911. The van der Waals surface area contributed by atoms with Gasteiger partial charge in [0.25, 0.3) is 0 Å². The molecule has 0 aliphatic carbocycles. The number of carbonyl (C=O) groups is 2. The fraction of sp³-hybridized carbons (Fsp3) is 0.385.